The van der Waals surface area contributed by atoms with Gasteiger partial charge in [0.15, 0.2) is 0 Å². The highest BCUT2D eigenvalue weighted by molar-refractivity contribution is 6.33. The SMILES string of the molecule is CCN(c1ncc(CO)cc1Cl)C(C)C. The Morgan fingerprint density at radius 3 is 2.60 bits per heavy atom. The van der Waals surface area contributed by atoms with Gasteiger partial charge in [0.1, 0.15) is 5.82 Å². The molecule has 0 saturated heterocycles. The van der Waals surface area contributed by atoms with Crippen LogP contribution in [0.2, 0.25) is 5.02 Å². The maximum absolute atomic E-state index is 8.95. The minimum absolute atomic E-state index is 0.0270. The Labute approximate surface area is 95.7 Å². The number of halogens is 1. The van der Waals surface area contributed by atoms with E-state index in [9.17, 15) is 0 Å². The van der Waals surface area contributed by atoms with Crippen molar-refractivity contribution in [1.29, 1.82) is 0 Å². The highest BCUT2D eigenvalue weighted by atomic mass is 35.5. The van der Waals surface area contributed by atoms with Crippen LogP contribution in [0.5, 0.6) is 0 Å². The predicted molar refractivity (Wildman–Crippen MR) is 63.3 cm³/mol. The summed E-state index contributed by atoms with van der Waals surface area (Å²) in [5.74, 6) is 0.784. The zero-order valence-corrected chi connectivity index (χ0v) is 10.1. The molecule has 0 spiro atoms. The lowest BCUT2D eigenvalue weighted by Crippen LogP contribution is -2.31. The fourth-order valence-corrected chi connectivity index (χ4v) is 1.83. The number of rotatable bonds is 4. The summed E-state index contributed by atoms with van der Waals surface area (Å²) in [5, 5.41) is 9.54. The number of hydrogen-bond acceptors (Lipinski definition) is 3. The van der Waals surface area contributed by atoms with Gasteiger partial charge in [-0.25, -0.2) is 4.98 Å². The van der Waals surface area contributed by atoms with Gasteiger partial charge in [0, 0.05) is 18.8 Å². The van der Waals surface area contributed by atoms with Gasteiger partial charge in [-0.05, 0) is 32.4 Å². The molecular formula is C11H17ClN2O. The van der Waals surface area contributed by atoms with Crippen LogP contribution >= 0.6 is 11.6 Å². The summed E-state index contributed by atoms with van der Waals surface area (Å²) >= 11 is 6.11. The molecule has 0 fully saturated rings. The van der Waals surface area contributed by atoms with E-state index in [1.807, 2.05) is 0 Å². The van der Waals surface area contributed by atoms with Crippen molar-refractivity contribution >= 4 is 17.4 Å². The van der Waals surface area contributed by atoms with Gasteiger partial charge >= 0.3 is 0 Å². The number of nitrogens with zero attached hydrogens (tertiary/aromatic N) is 2. The summed E-state index contributed by atoms with van der Waals surface area (Å²) < 4.78 is 0. The van der Waals surface area contributed by atoms with Crippen molar-refractivity contribution in [3.8, 4) is 0 Å². The summed E-state index contributed by atoms with van der Waals surface area (Å²) in [7, 11) is 0. The number of aliphatic hydroxyl groups excluding tert-OH is 1. The topological polar surface area (TPSA) is 36.4 Å². The van der Waals surface area contributed by atoms with E-state index >= 15 is 0 Å². The zero-order valence-electron chi connectivity index (χ0n) is 9.37. The molecule has 3 nitrogen and oxygen atoms in total. The maximum Gasteiger partial charge on any atom is 0.147 e. The Kier molecular flexibility index (Phi) is 4.36. The van der Waals surface area contributed by atoms with Crippen LogP contribution in [0, 0.1) is 0 Å². The van der Waals surface area contributed by atoms with Gasteiger partial charge in [-0.3, -0.25) is 0 Å². The van der Waals surface area contributed by atoms with E-state index < -0.39 is 0 Å². The molecule has 1 rings (SSSR count). The zero-order chi connectivity index (χ0) is 11.4. The lowest BCUT2D eigenvalue weighted by molar-refractivity contribution is 0.281. The second-order valence-electron chi connectivity index (χ2n) is 3.69. The molecule has 0 aliphatic carbocycles. The molecule has 0 bridgehead atoms. The third-order valence-electron chi connectivity index (χ3n) is 2.30. The highest BCUT2D eigenvalue weighted by Crippen LogP contribution is 2.25. The fourth-order valence-electron chi connectivity index (χ4n) is 1.53. The molecule has 0 atom stereocenters. The number of anilines is 1. The van der Waals surface area contributed by atoms with Crippen molar-refractivity contribution in [3.05, 3.63) is 22.8 Å². The lowest BCUT2D eigenvalue weighted by Gasteiger charge is -2.27. The molecule has 0 aromatic carbocycles. The molecule has 84 valence electrons. The Morgan fingerprint density at radius 1 is 1.53 bits per heavy atom. The number of aliphatic hydroxyl groups is 1. The first-order valence-corrected chi connectivity index (χ1v) is 5.49. The number of hydrogen-bond donors (Lipinski definition) is 1. The van der Waals surface area contributed by atoms with Crippen molar-refractivity contribution in [2.75, 3.05) is 11.4 Å². The molecule has 1 heterocycles. The quantitative estimate of drug-likeness (QED) is 0.860. The van der Waals surface area contributed by atoms with Crippen molar-refractivity contribution < 1.29 is 5.11 Å². The first-order valence-electron chi connectivity index (χ1n) is 5.12. The van der Waals surface area contributed by atoms with Gasteiger partial charge in [-0.2, -0.15) is 0 Å². The van der Waals surface area contributed by atoms with Gasteiger partial charge in [-0.1, -0.05) is 11.6 Å². The molecule has 0 saturated carbocycles. The van der Waals surface area contributed by atoms with Crippen LogP contribution < -0.4 is 4.90 Å². The molecule has 0 radical (unpaired) electrons. The van der Waals surface area contributed by atoms with Crippen LogP contribution in [-0.2, 0) is 6.61 Å². The molecule has 0 amide bonds. The van der Waals surface area contributed by atoms with E-state index in [0.717, 1.165) is 17.9 Å². The Hall–Kier alpha value is -0.800. The molecule has 0 aliphatic heterocycles. The molecule has 1 N–H and O–H groups in total. The van der Waals surface area contributed by atoms with Crippen molar-refractivity contribution in [2.24, 2.45) is 0 Å². The third-order valence-corrected chi connectivity index (χ3v) is 2.58. The summed E-state index contributed by atoms with van der Waals surface area (Å²) in [4.78, 5) is 6.39. The van der Waals surface area contributed by atoms with Crippen LogP contribution in [0.1, 0.15) is 26.3 Å². The monoisotopic (exact) mass is 228 g/mol. The van der Waals surface area contributed by atoms with Crippen LogP contribution in [0.25, 0.3) is 0 Å². The lowest BCUT2D eigenvalue weighted by atomic mass is 10.2. The average molecular weight is 229 g/mol. The van der Waals surface area contributed by atoms with Crippen molar-refractivity contribution in [1.82, 2.24) is 4.98 Å². The largest absolute Gasteiger partial charge is 0.392 e. The second kappa shape index (κ2) is 5.33. The minimum atomic E-state index is -0.0270. The van der Waals surface area contributed by atoms with E-state index in [2.05, 4.69) is 30.7 Å². The molecular weight excluding hydrogens is 212 g/mol. The second-order valence-corrected chi connectivity index (χ2v) is 4.09. The molecule has 4 heteroatoms. The number of pyridine rings is 1. The van der Waals surface area contributed by atoms with Crippen LogP contribution in [0.4, 0.5) is 5.82 Å². The fraction of sp³-hybridized carbons (Fsp3) is 0.545. The molecule has 15 heavy (non-hydrogen) atoms. The summed E-state index contributed by atoms with van der Waals surface area (Å²) in [6, 6.07) is 2.12. The maximum atomic E-state index is 8.95. The van der Waals surface area contributed by atoms with E-state index in [-0.39, 0.29) is 6.61 Å². The highest BCUT2D eigenvalue weighted by Gasteiger charge is 2.13. The first-order chi connectivity index (χ1) is 7.10. The van der Waals surface area contributed by atoms with Crippen molar-refractivity contribution in [2.45, 2.75) is 33.4 Å². The molecule has 0 aliphatic rings. The number of aromatic nitrogens is 1. The minimum Gasteiger partial charge on any atom is -0.392 e. The molecule has 1 aromatic heterocycles. The van der Waals surface area contributed by atoms with Crippen LogP contribution in [0.3, 0.4) is 0 Å². The smallest absolute Gasteiger partial charge is 0.147 e. The van der Waals surface area contributed by atoms with Gasteiger partial charge < -0.3 is 10.0 Å². The third kappa shape index (κ3) is 2.83. The van der Waals surface area contributed by atoms with Crippen LogP contribution in [-0.4, -0.2) is 22.7 Å². The predicted octanol–water partition coefficient (Wildman–Crippen LogP) is 2.46. The average Bonchev–Trinajstić information content (AvgIpc) is 2.20. The standard InChI is InChI=1S/C11H17ClN2O/c1-4-14(8(2)3)11-10(12)5-9(7-15)6-13-11/h5-6,8,15H,4,7H2,1-3H3. The van der Waals surface area contributed by atoms with Gasteiger partial charge in [-0.15, -0.1) is 0 Å². The molecule has 1 aromatic rings. The Bertz CT molecular complexity index is 328. The first kappa shape index (κ1) is 12.3. The van der Waals surface area contributed by atoms with E-state index in [1.54, 1.807) is 12.3 Å². The molecule has 0 unspecified atom stereocenters. The van der Waals surface area contributed by atoms with E-state index in [0.29, 0.717) is 11.1 Å². The van der Waals surface area contributed by atoms with Gasteiger partial charge in [0.2, 0.25) is 0 Å². The summed E-state index contributed by atoms with van der Waals surface area (Å²) in [6.07, 6.45) is 1.66. The summed E-state index contributed by atoms with van der Waals surface area (Å²) in [5.41, 5.74) is 0.739. The van der Waals surface area contributed by atoms with E-state index in [1.165, 1.54) is 0 Å². The van der Waals surface area contributed by atoms with E-state index in [4.69, 9.17) is 16.7 Å². The van der Waals surface area contributed by atoms with Gasteiger partial charge in [0.25, 0.3) is 0 Å². The normalized spacial score (nSPS) is 10.8. The Morgan fingerprint density at radius 2 is 2.20 bits per heavy atom. The van der Waals surface area contributed by atoms with Crippen molar-refractivity contribution in [3.63, 3.8) is 0 Å². The van der Waals surface area contributed by atoms with Crippen LogP contribution in [0.15, 0.2) is 12.3 Å². The Balaban J connectivity index is 3.03. The summed E-state index contributed by atoms with van der Waals surface area (Å²) in [6.45, 7) is 7.10. The van der Waals surface area contributed by atoms with Gasteiger partial charge in [0.05, 0.1) is 11.6 Å².